The summed E-state index contributed by atoms with van der Waals surface area (Å²) >= 11 is 1.47. The monoisotopic (exact) mass is 425 g/mol. The molecule has 2 aromatic heterocycles. The second-order valence-corrected chi connectivity index (χ2v) is 8.31. The average molecular weight is 426 g/mol. The maximum atomic E-state index is 12.4. The SMILES string of the molecule is CCOC(=O)C(C)(C)CNC(=O)c1ncc(-c2cnc(-c3ccccc3)s2)cc1O. The highest BCUT2D eigenvalue weighted by Gasteiger charge is 2.30. The number of benzene rings is 1. The molecule has 3 rings (SSSR count). The third kappa shape index (κ3) is 4.83. The normalized spacial score (nSPS) is 11.2. The van der Waals surface area contributed by atoms with E-state index in [0.29, 0.717) is 5.56 Å². The number of aromatic nitrogens is 2. The lowest BCUT2D eigenvalue weighted by Crippen LogP contribution is -2.40. The molecule has 30 heavy (non-hydrogen) atoms. The largest absolute Gasteiger partial charge is 0.505 e. The number of rotatable bonds is 7. The van der Waals surface area contributed by atoms with E-state index >= 15 is 0 Å². The van der Waals surface area contributed by atoms with Crippen LogP contribution in [0.1, 0.15) is 31.3 Å². The molecule has 3 aromatic rings. The van der Waals surface area contributed by atoms with Crippen molar-refractivity contribution in [2.45, 2.75) is 20.8 Å². The van der Waals surface area contributed by atoms with Crippen molar-refractivity contribution in [1.29, 1.82) is 0 Å². The van der Waals surface area contributed by atoms with Crippen LogP contribution in [0.2, 0.25) is 0 Å². The molecule has 2 heterocycles. The highest BCUT2D eigenvalue weighted by molar-refractivity contribution is 7.18. The summed E-state index contributed by atoms with van der Waals surface area (Å²) in [7, 11) is 0. The molecule has 0 saturated heterocycles. The van der Waals surface area contributed by atoms with E-state index in [1.807, 2.05) is 30.3 Å². The average Bonchev–Trinajstić information content (AvgIpc) is 3.23. The number of thiazole rings is 1. The molecule has 0 aliphatic heterocycles. The van der Waals surface area contributed by atoms with Gasteiger partial charge in [0.15, 0.2) is 5.69 Å². The van der Waals surface area contributed by atoms with Crippen LogP contribution in [0.25, 0.3) is 21.0 Å². The van der Waals surface area contributed by atoms with Gasteiger partial charge >= 0.3 is 5.97 Å². The Balaban J connectivity index is 1.72. The van der Waals surface area contributed by atoms with E-state index in [2.05, 4.69) is 15.3 Å². The number of carbonyl (C=O) groups is 2. The fourth-order valence-corrected chi connectivity index (χ4v) is 3.57. The maximum Gasteiger partial charge on any atom is 0.313 e. The first-order chi connectivity index (χ1) is 14.3. The molecule has 1 amide bonds. The Morgan fingerprint density at radius 1 is 1.13 bits per heavy atom. The van der Waals surface area contributed by atoms with E-state index < -0.39 is 17.3 Å². The van der Waals surface area contributed by atoms with Crippen molar-refractivity contribution >= 4 is 23.2 Å². The van der Waals surface area contributed by atoms with E-state index in [1.165, 1.54) is 23.6 Å². The number of nitrogens with one attached hydrogen (secondary N) is 1. The Labute approximate surface area is 178 Å². The molecular formula is C22H23N3O4S. The van der Waals surface area contributed by atoms with Crippen LogP contribution in [0, 0.1) is 5.41 Å². The van der Waals surface area contributed by atoms with Gasteiger partial charge in [0.05, 0.1) is 16.9 Å². The summed E-state index contributed by atoms with van der Waals surface area (Å²) in [4.78, 5) is 33.7. The molecule has 156 valence electrons. The van der Waals surface area contributed by atoms with Gasteiger partial charge in [0.1, 0.15) is 10.8 Å². The Bertz CT molecular complexity index is 1050. The van der Waals surface area contributed by atoms with Gasteiger partial charge in [-0.1, -0.05) is 30.3 Å². The molecule has 0 bridgehead atoms. The third-order valence-corrected chi connectivity index (χ3v) is 5.51. The van der Waals surface area contributed by atoms with E-state index in [1.54, 1.807) is 27.0 Å². The first kappa shape index (κ1) is 21.4. The molecule has 0 unspecified atom stereocenters. The highest BCUT2D eigenvalue weighted by Crippen LogP contribution is 2.33. The van der Waals surface area contributed by atoms with Gasteiger partial charge in [0.2, 0.25) is 0 Å². The first-order valence-corrected chi connectivity index (χ1v) is 10.3. The number of ether oxygens (including phenoxy) is 1. The van der Waals surface area contributed by atoms with E-state index in [-0.39, 0.29) is 24.6 Å². The number of nitrogens with zero attached hydrogens (tertiary/aromatic N) is 2. The lowest BCUT2D eigenvalue weighted by molar-refractivity contribution is -0.153. The number of carbonyl (C=O) groups excluding carboxylic acids is 2. The van der Waals surface area contributed by atoms with Crippen molar-refractivity contribution in [3.63, 3.8) is 0 Å². The summed E-state index contributed by atoms with van der Waals surface area (Å²) in [5.41, 5.74) is 0.672. The number of pyridine rings is 1. The predicted molar refractivity (Wildman–Crippen MR) is 115 cm³/mol. The zero-order valence-corrected chi connectivity index (χ0v) is 17.8. The smallest absolute Gasteiger partial charge is 0.313 e. The summed E-state index contributed by atoms with van der Waals surface area (Å²) in [5.74, 6) is -1.21. The van der Waals surface area contributed by atoms with Crippen molar-refractivity contribution in [3.05, 3.63) is 54.5 Å². The lowest BCUT2D eigenvalue weighted by Gasteiger charge is -2.22. The van der Waals surface area contributed by atoms with Crippen LogP contribution in [0.3, 0.4) is 0 Å². The minimum Gasteiger partial charge on any atom is -0.505 e. The summed E-state index contributed by atoms with van der Waals surface area (Å²) in [6.07, 6.45) is 3.23. The van der Waals surface area contributed by atoms with Gasteiger partial charge in [-0.15, -0.1) is 11.3 Å². The number of hydrogen-bond acceptors (Lipinski definition) is 7. The molecule has 0 aliphatic rings. The molecule has 1 aromatic carbocycles. The van der Waals surface area contributed by atoms with Gasteiger partial charge in [-0.3, -0.25) is 9.59 Å². The summed E-state index contributed by atoms with van der Waals surface area (Å²) < 4.78 is 5.01. The molecule has 0 aliphatic carbocycles. The zero-order valence-electron chi connectivity index (χ0n) is 17.0. The van der Waals surface area contributed by atoms with Crippen LogP contribution in [0.15, 0.2) is 48.8 Å². The zero-order chi connectivity index (χ0) is 21.7. The second-order valence-electron chi connectivity index (χ2n) is 7.27. The molecule has 0 radical (unpaired) electrons. The molecule has 0 saturated carbocycles. The van der Waals surface area contributed by atoms with Crippen LogP contribution in [-0.2, 0) is 9.53 Å². The topological polar surface area (TPSA) is 101 Å². The minimum absolute atomic E-state index is 0.0584. The fraction of sp³-hybridized carbons (Fsp3) is 0.273. The van der Waals surface area contributed by atoms with Crippen LogP contribution in [0.5, 0.6) is 5.75 Å². The molecular weight excluding hydrogens is 402 g/mol. The van der Waals surface area contributed by atoms with Crippen molar-refractivity contribution in [3.8, 4) is 26.8 Å². The van der Waals surface area contributed by atoms with Crippen molar-refractivity contribution < 1.29 is 19.4 Å². The number of amides is 1. The summed E-state index contributed by atoms with van der Waals surface area (Å²) in [6.45, 7) is 5.40. The first-order valence-electron chi connectivity index (χ1n) is 9.48. The lowest BCUT2D eigenvalue weighted by atomic mass is 9.93. The van der Waals surface area contributed by atoms with Crippen LogP contribution >= 0.6 is 11.3 Å². The van der Waals surface area contributed by atoms with Gasteiger partial charge in [0.25, 0.3) is 5.91 Å². The van der Waals surface area contributed by atoms with Crippen molar-refractivity contribution in [2.24, 2.45) is 5.41 Å². The summed E-state index contributed by atoms with van der Waals surface area (Å²) in [6, 6.07) is 11.3. The molecule has 8 heteroatoms. The Morgan fingerprint density at radius 2 is 1.87 bits per heavy atom. The Morgan fingerprint density at radius 3 is 2.53 bits per heavy atom. The Hall–Kier alpha value is -3.26. The third-order valence-electron chi connectivity index (χ3n) is 4.41. The van der Waals surface area contributed by atoms with Crippen LogP contribution in [-0.4, -0.2) is 40.1 Å². The van der Waals surface area contributed by atoms with Crippen molar-refractivity contribution in [1.82, 2.24) is 15.3 Å². The van der Waals surface area contributed by atoms with Gasteiger partial charge < -0.3 is 15.2 Å². The predicted octanol–water partition coefficient (Wildman–Crippen LogP) is 3.90. The quantitative estimate of drug-likeness (QED) is 0.557. The van der Waals surface area contributed by atoms with E-state index in [9.17, 15) is 14.7 Å². The summed E-state index contributed by atoms with van der Waals surface area (Å²) in [5, 5.41) is 13.8. The van der Waals surface area contributed by atoms with Gasteiger partial charge in [-0.25, -0.2) is 9.97 Å². The van der Waals surface area contributed by atoms with Gasteiger partial charge in [-0.05, 0) is 26.8 Å². The number of esters is 1. The molecule has 2 N–H and O–H groups in total. The maximum absolute atomic E-state index is 12.4. The molecule has 0 spiro atoms. The standard InChI is InChI=1S/C22H23N3O4S/c1-4-29-21(28)22(2,3)13-25-19(27)18-16(26)10-15(11-23-18)17-12-24-20(30-17)14-8-6-5-7-9-14/h5-12,26H,4,13H2,1-3H3,(H,25,27). The van der Waals surface area contributed by atoms with E-state index in [4.69, 9.17) is 4.74 Å². The van der Waals surface area contributed by atoms with Gasteiger partial charge in [-0.2, -0.15) is 0 Å². The van der Waals surface area contributed by atoms with E-state index in [0.717, 1.165) is 15.4 Å². The number of aromatic hydroxyl groups is 1. The van der Waals surface area contributed by atoms with Crippen molar-refractivity contribution in [2.75, 3.05) is 13.2 Å². The van der Waals surface area contributed by atoms with Crippen LogP contribution in [0.4, 0.5) is 0 Å². The minimum atomic E-state index is -0.891. The molecule has 0 atom stereocenters. The second kappa shape index (κ2) is 9.04. The molecule has 0 fully saturated rings. The molecule has 7 nitrogen and oxygen atoms in total. The highest BCUT2D eigenvalue weighted by atomic mass is 32.1. The van der Waals surface area contributed by atoms with Crippen LogP contribution < -0.4 is 5.32 Å². The Kier molecular flexibility index (Phi) is 6.47. The van der Waals surface area contributed by atoms with Gasteiger partial charge in [0, 0.05) is 30.1 Å². The fourth-order valence-electron chi connectivity index (χ4n) is 2.67. The number of hydrogen-bond donors (Lipinski definition) is 2.